The first kappa shape index (κ1) is 13.7. The Morgan fingerprint density at radius 2 is 1.90 bits per heavy atom. The minimum atomic E-state index is -3.18. The Hall–Kier alpha value is -2.27. The van der Waals surface area contributed by atoms with Crippen molar-refractivity contribution in [2.75, 3.05) is 12.0 Å². The van der Waals surface area contributed by atoms with E-state index in [1.807, 2.05) is 36.5 Å². The SMILES string of the molecule is CS(=O)(=O)c1cccc(Cn2ccc3cc(N)ccc32)c1. The summed E-state index contributed by atoms with van der Waals surface area (Å²) in [6, 6.07) is 14.8. The molecular weight excluding hydrogens is 284 g/mol. The molecule has 0 fully saturated rings. The Kier molecular flexibility index (Phi) is 3.22. The van der Waals surface area contributed by atoms with Crippen LogP contribution in [0.15, 0.2) is 59.6 Å². The van der Waals surface area contributed by atoms with E-state index in [1.165, 1.54) is 6.26 Å². The van der Waals surface area contributed by atoms with E-state index in [-0.39, 0.29) is 0 Å². The van der Waals surface area contributed by atoms with Crippen LogP contribution in [-0.2, 0) is 16.4 Å². The maximum atomic E-state index is 11.6. The van der Waals surface area contributed by atoms with Gasteiger partial charge < -0.3 is 10.3 Å². The van der Waals surface area contributed by atoms with Crippen molar-refractivity contribution in [1.82, 2.24) is 4.57 Å². The number of sulfone groups is 1. The largest absolute Gasteiger partial charge is 0.399 e. The van der Waals surface area contributed by atoms with E-state index in [1.54, 1.807) is 18.2 Å². The van der Waals surface area contributed by atoms with Gasteiger partial charge in [-0.2, -0.15) is 0 Å². The van der Waals surface area contributed by atoms with Crippen molar-refractivity contribution in [3.05, 3.63) is 60.3 Å². The standard InChI is InChI=1S/C16H16N2O2S/c1-21(19,20)15-4-2-3-12(9-15)11-18-8-7-13-10-14(17)5-6-16(13)18/h2-10H,11,17H2,1H3. The number of benzene rings is 2. The highest BCUT2D eigenvalue weighted by Crippen LogP contribution is 2.20. The summed E-state index contributed by atoms with van der Waals surface area (Å²) < 4.78 is 25.3. The monoisotopic (exact) mass is 300 g/mol. The van der Waals surface area contributed by atoms with Crippen molar-refractivity contribution in [2.45, 2.75) is 11.4 Å². The van der Waals surface area contributed by atoms with Crippen LogP contribution in [0.1, 0.15) is 5.56 Å². The van der Waals surface area contributed by atoms with Gasteiger partial charge in [-0.15, -0.1) is 0 Å². The average Bonchev–Trinajstić information content (AvgIpc) is 2.80. The van der Waals surface area contributed by atoms with Crippen LogP contribution in [0, 0.1) is 0 Å². The van der Waals surface area contributed by atoms with Crippen LogP contribution in [0.2, 0.25) is 0 Å². The maximum absolute atomic E-state index is 11.6. The molecule has 2 aromatic carbocycles. The molecule has 0 spiro atoms. The summed E-state index contributed by atoms with van der Waals surface area (Å²) in [4.78, 5) is 0.348. The van der Waals surface area contributed by atoms with Crippen molar-refractivity contribution in [3.63, 3.8) is 0 Å². The first-order valence-corrected chi connectivity index (χ1v) is 8.46. The molecule has 0 aliphatic carbocycles. The van der Waals surface area contributed by atoms with E-state index in [2.05, 4.69) is 4.57 Å². The van der Waals surface area contributed by atoms with Gasteiger partial charge in [0, 0.05) is 35.6 Å². The lowest BCUT2D eigenvalue weighted by molar-refractivity contribution is 0.601. The number of hydrogen-bond acceptors (Lipinski definition) is 3. The number of nitrogen functional groups attached to an aromatic ring is 1. The summed E-state index contributed by atoms with van der Waals surface area (Å²) in [5.74, 6) is 0. The molecule has 3 rings (SSSR count). The van der Waals surface area contributed by atoms with Gasteiger partial charge in [-0.1, -0.05) is 12.1 Å². The third-order valence-electron chi connectivity index (χ3n) is 3.47. The lowest BCUT2D eigenvalue weighted by atomic mass is 10.2. The Labute approximate surface area is 123 Å². The minimum absolute atomic E-state index is 0.348. The highest BCUT2D eigenvalue weighted by atomic mass is 32.2. The van der Waals surface area contributed by atoms with Crippen LogP contribution in [0.3, 0.4) is 0 Å². The van der Waals surface area contributed by atoms with Gasteiger partial charge in [0.05, 0.1) is 4.90 Å². The van der Waals surface area contributed by atoms with Crippen molar-refractivity contribution in [1.29, 1.82) is 0 Å². The Bertz CT molecular complexity index is 911. The van der Waals surface area contributed by atoms with E-state index in [0.717, 1.165) is 22.2 Å². The summed E-state index contributed by atoms with van der Waals surface area (Å²) in [6.45, 7) is 0.622. The van der Waals surface area contributed by atoms with Crippen molar-refractivity contribution < 1.29 is 8.42 Å². The number of nitrogens with zero attached hydrogens (tertiary/aromatic N) is 1. The Morgan fingerprint density at radius 3 is 2.67 bits per heavy atom. The number of fused-ring (bicyclic) bond motifs is 1. The fourth-order valence-corrected chi connectivity index (χ4v) is 3.12. The second kappa shape index (κ2) is 4.93. The third kappa shape index (κ3) is 2.78. The van der Waals surface area contributed by atoms with Gasteiger partial charge in [0.25, 0.3) is 0 Å². The van der Waals surface area contributed by atoms with Gasteiger partial charge in [-0.05, 0) is 42.0 Å². The molecule has 0 radical (unpaired) electrons. The predicted molar refractivity (Wildman–Crippen MR) is 85.0 cm³/mol. The molecule has 1 aromatic heterocycles. The highest BCUT2D eigenvalue weighted by molar-refractivity contribution is 7.90. The summed E-state index contributed by atoms with van der Waals surface area (Å²) in [5, 5.41) is 1.08. The zero-order chi connectivity index (χ0) is 15.0. The number of hydrogen-bond donors (Lipinski definition) is 1. The lowest BCUT2D eigenvalue weighted by Gasteiger charge is -2.07. The molecule has 0 atom stereocenters. The minimum Gasteiger partial charge on any atom is -0.399 e. The zero-order valence-corrected chi connectivity index (χ0v) is 12.5. The molecule has 5 heteroatoms. The molecule has 108 valence electrons. The molecule has 3 aromatic rings. The van der Waals surface area contributed by atoms with Gasteiger partial charge in [-0.25, -0.2) is 8.42 Å². The van der Waals surface area contributed by atoms with Gasteiger partial charge in [0.2, 0.25) is 0 Å². The van der Waals surface area contributed by atoms with Crippen LogP contribution >= 0.6 is 0 Å². The normalized spacial score (nSPS) is 11.9. The van der Waals surface area contributed by atoms with Crippen LogP contribution in [0.5, 0.6) is 0 Å². The summed E-state index contributed by atoms with van der Waals surface area (Å²) in [5.41, 5.74) is 8.54. The molecule has 0 unspecified atom stereocenters. The first-order valence-electron chi connectivity index (χ1n) is 6.57. The van der Waals surface area contributed by atoms with Crippen molar-refractivity contribution in [2.24, 2.45) is 0 Å². The molecule has 0 saturated carbocycles. The third-order valence-corrected chi connectivity index (χ3v) is 4.58. The second-order valence-electron chi connectivity index (χ2n) is 5.18. The van der Waals surface area contributed by atoms with Crippen LogP contribution in [-0.4, -0.2) is 19.2 Å². The van der Waals surface area contributed by atoms with E-state index in [9.17, 15) is 8.42 Å². The van der Waals surface area contributed by atoms with E-state index < -0.39 is 9.84 Å². The second-order valence-corrected chi connectivity index (χ2v) is 7.20. The summed E-state index contributed by atoms with van der Waals surface area (Å²) in [7, 11) is -3.18. The van der Waals surface area contributed by atoms with Gasteiger partial charge in [0.1, 0.15) is 0 Å². The molecule has 0 bridgehead atoms. The fraction of sp³-hybridized carbons (Fsp3) is 0.125. The summed E-state index contributed by atoms with van der Waals surface area (Å²) >= 11 is 0. The zero-order valence-electron chi connectivity index (χ0n) is 11.7. The molecule has 21 heavy (non-hydrogen) atoms. The highest BCUT2D eigenvalue weighted by Gasteiger charge is 2.08. The molecule has 0 aliphatic heterocycles. The quantitative estimate of drug-likeness (QED) is 0.756. The Morgan fingerprint density at radius 1 is 1.10 bits per heavy atom. The van der Waals surface area contributed by atoms with Crippen molar-refractivity contribution in [3.8, 4) is 0 Å². The number of nitrogens with two attached hydrogens (primary N) is 1. The molecule has 0 saturated heterocycles. The number of aromatic nitrogens is 1. The van der Waals surface area contributed by atoms with Crippen LogP contribution < -0.4 is 5.73 Å². The molecule has 2 N–H and O–H groups in total. The molecular formula is C16H16N2O2S. The Balaban J connectivity index is 1.99. The van der Waals surface area contributed by atoms with Gasteiger partial charge in [-0.3, -0.25) is 0 Å². The first-order chi connectivity index (χ1) is 9.93. The smallest absolute Gasteiger partial charge is 0.175 e. The molecule has 4 nitrogen and oxygen atoms in total. The fourth-order valence-electron chi connectivity index (χ4n) is 2.43. The predicted octanol–water partition coefficient (Wildman–Crippen LogP) is 2.68. The van der Waals surface area contributed by atoms with Crippen LogP contribution in [0.4, 0.5) is 5.69 Å². The van der Waals surface area contributed by atoms with Gasteiger partial charge in [0.15, 0.2) is 9.84 Å². The maximum Gasteiger partial charge on any atom is 0.175 e. The van der Waals surface area contributed by atoms with E-state index in [4.69, 9.17) is 5.73 Å². The topological polar surface area (TPSA) is 65.1 Å². The lowest BCUT2D eigenvalue weighted by Crippen LogP contribution is -2.01. The molecule has 0 amide bonds. The number of rotatable bonds is 3. The van der Waals surface area contributed by atoms with Crippen LogP contribution in [0.25, 0.3) is 10.9 Å². The van der Waals surface area contributed by atoms with E-state index >= 15 is 0 Å². The van der Waals surface area contributed by atoms with Gasteiger partial charge >= 0.3 is 0 Å². The van der Waals surface area contributed by atoms with E-state index in [0.29, 0.717) is 11.4 Å². The average molecular weight is 300 g/mol. The molecule has 0 aliphatic rings. The molecule has 1 heterocycles. The number of anilines is 1. The van der Waals surface area contributed by atoms with Crippen molar-refractivity contribution >= 4 is 26.4 Å². The summed E-state index contributed by atoms with van der Waals surface area (Å²) in [6.07, 6.45) is 3.21.